The number of benzene rings is 2. The number of hydrogen-bond donors (Lipinski definition) is 0. The third-order valence-electron chi connectivity index (χ3n) is 5.70. The van der Waals surface area contributed by atoms with Crippen LogP contribution in [-0.4, -0.2) is 10.9 Å². The highest BCUT2D eigenvalue weighted by Crippen LogP contribution is 2.42. The molecule has 0 saturated heterocycles. The van der Waals surface area contributed by atoms with Gasteiger partial charge in [-0.05, 0) is 43.5 Å². The lowest BCUT2D eigenvalue weighted by Gasteiger charge is -2.22. The van der Waals surface area contributed by atoms with E-state index in [1.807, 2.05) is 38.1 Å². The molecule has 1 aliphatic heterocycles. The van der Waals surface area contributed by atoms with Gasteiger partial charge in [-0.3, -0.25) is 14.5 Å². The molecule has 5 nitrogen and oxygen atoms in total. The largest absolute Gasteiger partial charge is 0.450 e. The molecule has 1 atom stereocenters. The van der Waals surface area contributed by atoms with Crippen LogP contribution in [0.1, 0.15) is 50.8 Å². The first-order valence-electron chi connectivity index (χ1n) is 9.91. The van der Waals surface area contributed by atoms with Crippen molar-refractivity contribution in [3.63, 3.8) is 0 Å². The van der Waals surface area contributed by atoms with E-state index in [9.17, 15) is 9.59 Å². The molecule has 1 aliphatic rings. The number of aromatic nitrogens is 1. The number of para-hydroxylation sites is 1. The normalized spacial score (nSPS) is 15.8. The third-order valence-corrected chi connectivity index (χ3v) is 6.78. The smallest absolute Gasteiger partial charge is 0.297 e. The zero-order valence-electron chi connectivity index (χ0n) is 16.9. The summed E-state index contributed by atoms with van der Waals surface area (Å²) in [6.45, 7) is 6.00. The Kier molecular flexibility index (Phi) is 4.33. The summed E-state index contributed by atoms with van der Waals surface area (Å²) in [6, 6.07) is 14.5. The van der Waals surface area contributed by atoms with Crippen molar-refractivity contribution < 1.29 is 9.21 Å². The first-order valence-corrected chi connectivity index (χ1v) is 10.7. The second kappa shape index (κ2) is 6.92. The minimum absolute atomic E-state index is 0.105. The second-order valence-electron chi connectivity index (χ2n) is 7.48. The van der Waals surface area contributed by atoms with Crippen LogP contribution in [-0.2, 0) is 6.42 Å². The van der Waals surface area contributed by atoms with Crippen molar-refractivity contribution in [2.45, 2.75) is 33.2 Å². The van der Waals surface area contributed by atoms with Crippen molar-refractivity contribution in [1.82, 2.24) is 4.98 Å². The summed E-state index contributed by atoms with van der Waals surface area (Å²) in [7, 11) is 0. The Morgan fingerprint density at radius 2 is 1.80 bits per heavy atom. The zero-order chi connectivity index (χ0) is 21.0. The van der Waals surface area contributed by atoms with Crippen LogP contribution in [0.2, 0.25) is 0 Å². The molecular weight excluding hydrogens is 396 g/mol. The van der Waals surface area contributed by atoms with Gasteiger partial charge in [0.15, 0.2) is 10.6 Å². The summed E-state index contributed by atoms with van der Waals surface area (Å²) < 4.78 is 5.97. The molecule has 4 aromatic rings. The number of carbonyl (C=O) groups is 1. The number of amides is 1. The Hall–Kier alpha value is -3.25. The lowest BCUT2D eigenvalue weighted by Crippen LogP contribution is -2.29. The maximum absolute atomic E-state index is 13.5. The van der Waals surface area contributed by atoms with Gasteiger partial charge in [0.05, 0.1) is 22.7 Å². The molecule has 0 spiro atoms. The van der Waals surface area contributed by atoms with Crippen LogP contribution in [0.5, 0.6) is 0 Å². The molecule has 1 unspecified atom stereocenters. The maximum atomic E-state index is 13.5. The van der Waals surface area contributed by atoms with Gasteiger partial charge in [-0.1, -0.05) is 43.3 Å². The average molecular weight is 417 g/mol. The number of anilines is 1. The number of thiazole rings is 1. The van der Waals surface area contributed by atoms with E-state index in [1.54, 1.807) is 29.2 Å². The molecule has 2 aromatic heterocycles. The molecule has 3 heterocycles. The molecule has 0 fully saturated rings. The molecule has 2 aromatic carbocycles. The molecule has 0 bridgehead atoms. The van der Waals surface area contributed by atoms with Crippen molar-refractivity contribution in [1.29, 1.82) is 0 Å². The molecule has 30 heavy (non-hydrogen) atoms. The summed E-state index contributed by atoms with van der Waals surface area (Å²) in [5.74, 6) is -0.222. The van der Waals surface area contributed by atoms with Gasteiger partial charge in [0.1, 0.15) is 5.58 Å². The fourth-order valence-corrected chi connectivity index (χ4v) is 4.86. The van der Waals surface area contributed by atoms with E-state index in [-0.39, 0.29) is 17.1 Å². The molecular formula is C24H20N2O3S. The third kappa shape index (κ3) is 2.71. The van der Waals surface area contributed by atoms with Gasteiger partial charge >= 0.3 is 0 Å². The average Bonchev–Trinajstić information content (AvgIpc) is 3.24. The van der Waals surface area contributed by atoms with Crippen LogP contribution in [0.3, 0.4) is 0 Å². The number of fused-ring (bicyclic) bond motifs is 2. The quantitative estimate of drug-likeness (QED) is 0.462. The fraction of sp³-hybridized carbons (Fsp3) is 0.208. The molecule has 6 heteroatoms. The number of aryl methyl sites for hydroxylation is 3. The maximum Gasteiger partial charge on any atom is 0.297 e. The number of nitrogens with zero attached hydrogens (tertiary/aromatic N) is 2. The topological polar surface area (TPSA) is 63.4 Å². The summed E-state index contributed by atoms with van der Waals surface area (Å²) in [5, 5.41) is 1.06. The van der Waals surface area contributed by atoms with E-state index in [0.717, 1.165) is 22.6 Å². The summed E-state index contributed by atoms with van der Waals surface area (Å²) >= 11 is 1.45. The number of hydrogen-bond acceptors (Lipinski definition) is 5. The van der Waals surface area contributed by atoms with E-state index in [2.05, 4.69) is 11.9 Å². The Morgan fingerprint density at radius 3 is 2.47 bits per heavy atom. The molecule has 0 N–H and O–H groups in total. The Morgan fingerprint density at radius 1 is 1.07 bits per heavy atom. The van der Waals surface area contributed by atoms with Gasteiger partial charge in [-0.2, -0.15) is 0 Å². The van der Waals surface area contributed by atoms with E-state index < -0.39 is 6.04 Å². The van der Waals surface area contributed by atoms with Crippen molar-refractivity contribution in [2.24, 2.45) is 0 Å². The first kappa shape index (κ1) is 18.8. The van der Waals surface area contributed by atoms with Crippen LogP contribution < -0.4 is 10.3 Å². The van der Waals surface area contributed by atoms with Gasteiger partial charge < -0.3 is 4.42 Å². The summed E-state index contributed by atoms with van der Waals surface area (Å²) in [6.07, 6.45) is 0.918. The van der Waals surface area contributed by atoms with Crippen LogP contribution >= 0.6 is 11.3 Å². The van der Waals surface area contributed by atoms with Gasteiger partial charge in [0.2, 0.25) is 5.76 Å². The van der Waals surface area contributed by atoms with Gasteiger partial charge in [-0.15, -0.1) is 11.3 Å². The standard InChI is InChI=1S/C24H20N2O3S/c1-4-15-9-11-16(12-10-15)20-19-21(27)17-7-5-6-8-18(17)29-22(19)23(28)26(20)24-25-13(2)14(3)30-24/h5-12,20H,4H2,1-3H3. The van der Waals surface area contributed by atoms with Crippen LogP contribution in [0.25, 0.3) is 11.0 Å². The Labute approximate surface area is 177 Å². The lowest BCUT2D eigenvalue weighted by molar-refractivity contribution is 0.0971. The highest BCUT2D eigenvalue weighted by atomic mass is 32.1. The number of carbonyl (C=O) groups excluding carboxylic acids is 1. The van der Waals surface area contributed by atoms with Crippen molar-refractivity contribution in [3.05, 3.63) is 91.8 Å². The lowest BCUT2D eigenvalue weighted by atomic mass is 9.97. The van der Waals surface area contributed by atoms with Crippen molar-refractivity contribution in [3.8, 4) is 0 Å². The van der Waals surface area contributed by atoms with E-state index >= 15 is 0 Å². The molecule has 0 aliphatic carbocycles. The summed E-state index contributed by atoms with van der Waals surface area (Å²) in [4.78, 5) is 34.2. The predicted octanol–water partition coefficient (Wildman–Crippen LogP) is 5.18. The zero-order valence-corrected chi connectivity index (χ0v) is 17.7. The van der Waals surface area contributed by atoms with Gasteiger partial charge in [-0.25, -0.2) is 4.98 Å². The monoisotopic (exact) mass is 416 g/mol. The molecule has 0 radical (unpaired) electrons. The number of rotatable bonds is 3. The van der Waals surface area contributed by atoms with E-state index in [4.69, 9.17) is 4.42 Å². The minimum Gasteiger partial charge on any atom is -0.450 e. The SMILES string of the molecule is CCc1ccc(C2c3c(oc4ccccc4c3=O)C(=O)N2c2nc(C)c(C)s2)cc1. The van der Waals surface area contributed by atoms with Crippen LogP contribution in [0, 0.1) is 13.8 Å². The predicted molar refractivity (Wildman–Crippen MR) is 119 cm³/mol. The van der Waals surface area contributed by atoms with Crippen molar-refractivity contribution >= 4 is 33.3 Å². The van der Waals surface area contributed by atoms with Gasteiger partial charge in [0.25, 0.3) is 5.91 Å². The minimum atomic E-state index is -0.566. The highest BCUT2D eigenvalue weighted by Gasteiger charge is 2.44. The van der Waals surface area contributed by atoms with E-state index in [0.29, 0.717) is 21.7 Å². The molecule has 150 valence electrons. The van der Waals surface area contributed by atoms with Crippen LogP contribution in [0.4, 0.5) is 5.13 Å². The van der Waals surface area contributed by atoms with Crippen molar-refractivity contribution in [2.75, 3.05) is 4.90 Å². The molecule has 5 rings (SSSR count). The van der Waals surface area contributed by atoms with Crippen LogP contribution in [0.15, 0.2) is 57.7 Å². The highest BCUT2D eigenvalue weighted by molar-refractivity contribution is 7.15. The fourth-order valence-electron chi connectivity index (χ4n) is 3.93. The van der Waals surface area contributed by atoms with E-state index in [1.165, 1.54) is 16.9 Å². The first-order chi connectivity index (χ1) is 14.5. The summed E-state index contributed by atoms with van der Waals surface area (Å²) in [5.41, 5.74) is 3.57. The Balaban J connectivity index is 1.79. The van der Waals surface area contributed by atoms with Gasteiger partial charge in [0, 0.05) is 4.88 Å². The molecule has 1 amide bonds. The second-order valence-corrected chi connectivity index (χ2v) is 8.66. The Bertz CT molecular complexity index is 1330. The molecule has 0 saturated carbocycles.